The summed E-state index contributed by atoms with van der Waals surface area (Å²) in [5.41, 5.74) is 6.06. The number of carbonyl (C=O) groups is 2. The second-order valence-corrected chi connectivity index (χ2v) is 6.70. The van der Waals surface area contributed by atoms with Crippen LogP contribution in [0.3, 0.4) is 0 Å². The van der Waals surface area contributed by atoms with Gasteiger partial charge in [0.25, 0.3) is 0 Å². The Morgan fingerprint density at radius 2 is 1.81 bits per heavy atom. The molecular formula is C19H27N3O4. The van der Waals surface area contributed by atoms with Gasteiger partial charge in [-0.05, 0) is 62.8 Å². The smallest absolute Gasteiger partial charge is 0.306 e. The average Bonchev–Trinajstić information content (AvgIpc) is 2.62. The summed E-state index contributed by atoms with van der Waals surface area (Å²) in [5.74, 6) is -0.223. The van der Waals surface area contributed by atoms with Gasteiger partial charge in [-0.2, -0.15) is 0 Å². The van der Waals surface area contributed by atoms with Crippen LogP contribution in [0.25, 0.3) is 0 Å². The number of nitrogens with two attached hydrogens (primary N) is 1. The van der Waals surface area contributed by atoms with Crippen molar-refractivity contribution in [1.29, 1.82) is 5.41 Å². The lowest BCUT2D eigenvalue weighted by molar-refractivity contribution is -0.142. The van der Waals surface area contributed by atoms with E-state index in [9.17, 15) is 9.59 Å². The summed E-state index contributed by atoms with van der Waals surface area (Å²) in [5, 5.41) is 19.3. The molecule has 5 N–H and O–H groups in total. The van der Waals surface area contributed by atoms with Gasteiger partial charge in [0.1, 0.15) is 11.6 Å². The number of unbranched alkanes of at least 4 members (excludes halogenated alkanes) is 1. The Balaban J connectivity index is 1.56. The van der Waals surface area contributed by atoms with Crippen molar-refractivity contribution >= 4 is 17.7 Å². The Hall–Kier alpha value is -2.57. The summed E-state index contributed by atoms with van der Waals surface area (Å²) in [6.07, 6.45) is 4.71. The van der Waals surface area contributed by atoms with E-state index >= 15 is 0 Å². The van der Waals surface area contributed by atoms with Crippen molar-refractivity contribution < 1.29 is 19.4 Å². The van der Waals surface area contributed by atoms with Crippen LogP contribution in [0.4, 0.5) is 0 Å². The van der Waals surface area contributed by atoms with Crippen molar-refractivity contribution in [2.24, 2.45) is 11.7 Å². The molecule has 1 aromatic rings. The Bertz CT molecular complexity index is 622. The van der Waals surface area contributed by atoms with Crippen LogP contribution in [0.15, 0.2) is 24.3 Å². The molecule has 1 aliphatic rings. The first kappa shape index (κ1) is 19.8. The predicted octanol–water partition coefficient (Wildman–Crippen LogP) is 2.28. The summed E-state index contributed by atoms with van der Waals surface area (Å²) < 4.78 is 5.61. The van der Waals surface area contributed by atoms with Crippen molar-refractivity contribution in [3.05, 3.63) is 29.8 Å². The summed E-state index contributed by atoms with van der Waals surface area (Å²) >= 11 is 0. The first-order valence-corrected chi connectivity index (χ1v) is 9.05. The standard InChI is InChI=1S/C19H27N3O4/c20-18(21)13-6-10-16(11-7-13)26-12-2-1-3-17(23)22-15-8-4-14(5-9-15)19(24)25/h6-7,10-11,14-15H,1-5,8-9,12H2,(H3,20,21)(H,22,23)(H,24,25). The van der Waals surface area contributed by atoms with Crippen molar-refractivity contribution in [2.75, 3.05) is 6.61 Å². The maximum atomic E-state index is 12.0. The normalized spacial score (nSPS) is 19.5. The van der Waals surface area contributed by atoms with Crippen LogP contribution in [-0.2, 0) is 9.59 Å². The summed E-state index contributed by atoms with van der Waals surface area (Å²) in [6.45, 7) is 0.524. The number of hydrogen-bond acceptors (Lipinski definition) is 4. The number of ether oxygens (including phenoxy) is 1. The fourth-order valence-electron chi connectivity index (χ4n) is 3.09. The second-order valence-electron chi connectivity index (χ2n) is 6.70. The first-order chi connectivity index (χ1) is 12.5. The Morgan fingerprint density at radius 3 is 2.38 bits per heavy atom. The lowest BCUT2D eigenvalue weighted by Crippen LogP contribution is -2.38. The van der Waals surface area contributed by atoms with Gasteiger partial charge >= 0.3 is 5.97 Å². The minimum absolute atomic E-state index is 0.0228. The van der Waals surface area contributed by atoms with Crippen LogP contribution >= 0.6 is 0 Å². The molecule has 7 nitrogen and oxygen atoms in total. The van der Waals surface area contributed by atoms with Gasteiger partial charge in [0.15, 0.2) is 0 Å². The van der Waals surface area contributed by atoms with Crippen LogP contribution in [-0.4, -0.2) is 35.5 Å². The molecule has 1 aromatic carbocycles. The fraction of sp³-hybridized carbons (Fsp3) is 0.526. The number of carboxylic acid groups (broad SMARTS) is 1. The fourth-order valence-corrected chi connectivity index (χ4v) is 3.09. The van der Waals surface area contributed by atoms with Gasteiger partial charge in [-0.1, -0.05) is 0 Å². The number of carboxylic acids is 1. The number of aliphatic carboxylic acids is 1. The average molecular weight is 361 g/mol. The molecule has 142 valence electrons. The Morgan fingerprint density at radius 1 is 1.15 bits per heavy atom. The third-order valence-electron chi connectivity index (χ3n) is 4.67. The molecule has 0 saturated heterocycles. The van der Waals surface area contributed by atoms with Gasteiger partial charge in [-0.15, -0.1) is 0 Å². The van der Waals surface area contributed by atoms with Gasteiger partial charge in [0, 0.05) is 18.0 Å². The monoisotopic (exact) mass is 361 g/mol. The van der Waals surface area contributed by atoms with E-state index < -0.39 is 5.97 Å². The molecule has 2 rings (SSSR count). The molecule has 26 heavy (non-hydrogen) atoms. The molecule has 1 saturated carbocycles. The molecule has 0 atom stereocenters. The third kappa shape index (κ3) is 6.38. The van der Waals surface area contributed by atoms with Crippen LogP contribution in [0.1, 0.15) is 50.5 Å². The molecule has 0 heterocycles. The zero-order chi connectivity index (χ0) is 18.9. The number of carbonyl (C=O) groups excluding carboxylic acids is 1. The topological polar surface area (TPSA) is 126 Å². The third-order valence-corrected chi connectivity index (χ3v) is 4.67. The van der Waals surface area contributed by atoms with E-state index in [1.165, 1.54) is 0 Å². The summed E-state index contributed by atoms with van der Waals surface area (Å²) in [7, 11) is 0. The lowest BCUT2D eigenvalue weighted by Gasteiger charge is -2.26. The lowest BCUT2D eigenvalue weighted by atomic mass is 9.86. The molecule has 7 heteroatoms. The largest absolute Gasteiger partial charge is 0.494 e. The van der Waals surface area contributed by atoms with E-state index in [1.54, 1.807) is 24.3 Å². The molecular weight excluding hydrogens is 334 g/mol. The highest BCUT2D eigenvalue weighted by atomic mass is 16.5. The van der Waals surface area contributed by atoms with E-state index in [1.807, 2.05) is 0 Å². The first-order valence-electron chi connectivity index (χ1n) is 9.05. The number of amidine groups is 1. The minimum Gasteiger partial charge on any atom is -0.494 e. The number of hydrogen-bond donors (Lipinski definition) is 4. The molecule has 1 fully saturated rings. The quantitative estimate of drug-likeness (QED) is 0.305. The maximum Gasteiger partial charge on any atom is 0.306 e. The van der Waals surface area contributed by atoms with Crippen molar-refractivity contribution in [3.63, 3.8) is 0 Å². The number of nitrogen functional groups attached to an aromatic ring is 1. The van der Waals surface area contributed by atoms with Crippen LogP contribution in [0, 0.1) is 11.3 Å². The highest BCUT2D eigenvalue weighted by molar-refractivity contribution is 5.94. The van der Waals surface area contributed by atoms with Gasteiger partial charge in [-0.25, -0.2) is 0 Å². The molecule has 0 unspecified atom stereocenters. The van der Waals surface area contributed by atoms with E-state index in [0.717, 1.165) is 31.4 Å². The molecule has 0 aromatic heterocycles. The number of benzene rings is 1. The SMILES string of the molecule is N=C(N)c1ccc(OCCCCC(=O)NC2CCC(C(=O)O)CC2)cc1. The van der Waals surface area contributed by atoms with Crippen LogP contribution in [0.2, 0.25) is 0 Å². The summed E-state index contributed by atoms with van der Waals surface area (Å²) in [4.78, 5) is 22.9. The van der Waals surface area contributed by atoms with Crippen LogP contribution in [0.5, 0.6) is 5.75 Å². The number of amides is 1. The van der Waals surface area contributed by atoms with Gasteiger partial charge in [-0.3, -0.25) is 15.0 Å². The molecule has 0 aliphatic heterocycles. The zero-order valence-corrected chi connectivity index (χ0v) is 14.9. The van der Waals surface area contributed by atoms with Crippen LogP contribution < -0.4 is 15.8 Å². The zero-order valence-electron chi connectivity index (χ0n) is 14.9. The molecule has 0 radical (unpaired) electrons. The van der Waals surface area contributed by atoms with Gasteiger partial charge in [0.05, 0.1) is 12.5 Å². The molecule has 1 aliphatic carbocycles. The number of nitrogens with one attached hydrogen (secondary N) is 2. The molecule has 1 amide bonds. The predicted molar refractivity (Wildman–Crippen MR) is 98.3 cm³/mol. The van der Waals surface area contributed by atoms with Gasteiger partial charge in [0.2, 0.25) is 5.91 Å². The van der Waals surface area contributed by atoms with Gasteiger partial charge < -0.3 is 20.9 Å². The Labute approximate surface area is 153 Å². The van der Waals surface area contributed by atoms with Crippen molar-refractivity contribution in [2.45, 2.75) is 51.0 Å². The molecule has 0 bridgehead atoms. The number of rotatable bonds is 9. The minimum atomic E-state index is -0.731. The van der Waals surface area contributed by atoms with E-state index in [2.05, 4.69) is 5.32 Å². The summed E-state index contributed by atoms with van der Waals surface area (Å²) in [6, 6.07) is 7.14. The maximum absolute atomic E-state index is 12.0. The highest BCUT2D eigenvalue weighted by Crippen LogP contribution is 2.24. The van der Waals surface area contributed by atoms with Crippen molar-refractivity contribution in [1.82, 2.24) is 5.32 Å². The van der Waals surface area contributed by atoms with Crippen molar-refractivity contribution in [3.8, 4) is 5.75 Å². The van der Waals surface area contributed by atoms with E-state index in [-0.39, 0.29) is 23.7 Å². The Kier molecular flexibility index (Phi) is 7.44. The van der Waals surface area contributed by atoms with E-state index in [4.69, 9.17) is 21.0 Å². The molecule has 0 spiro atoms. The second kappa shape index (κ2) is 9.79. The van der Waals surface area contributed by atoms with E-state index in [0.29, 0.717) is 31.4 Å². The highest BCUT2D eigenvalue weighted by Gasteiger charge is 2.26.